The Hall–Kier alpha value is -2.48. The van der Waals surface area contributed by atoms with Gasteiger partial charge in [-0.3, -0.25) is 24.6 Å². The number of hydrogen-bond acceptors (Lipinski definition) is 5. The Kier molecular flexibility index (Phi) is 5.64. The number of piperidine rings is 1. The number of para-hydroxylation sites is 1. The van der Waals surface area contributed by atoms with Crippen LogP contribution in [-0.4, -0.2) is 47.3 Å². The zero-order chi connectivity index (χ0) is 16.8. The number of amides is 2. The van der Waals surface area contributed by atoms with Crippen LogP contribution in [0.15, 0.2) is 24.3 Å². The minimum atomic E-state index is -0.481. The number of nitro groups is 1. The Balaban J connectivity index is 1.85. The van der Waals surface area contributed by atoms with Crippen molar-refractivity contribution < 1.29 is 14.5 Å². The summed E-state index contributed by atoms with van der Waals surface area (Å²) < 4.78 is 0. The average molecular weight is 320 g/mol. The highest BCUT2D eigenvalue weighted by Gasteiger charge is 2.22. The average Bonchev–Trinajstić information content (AvgIpc) is 2.49. The molecular formula is C15H20N4O4. The van der Waals surface area contributed by atoms with Crippen LogP contribution in [0.5, 0.6) is 0 Å². The van der Waals surface area contributed by atoms with Crippen LogP contribution in [0.2, 0.25) is 0 Å². The van der Waals surface area contributed by atoms with Gasteiger partial charge >= 0.3 is 0 Å². The molecule has 0 bridgehead atoms. The zero-order valence-corrected chi connectivity index (χ0v) is 12.7. The van der Waals surface area contributed by atoms with E-state index in [1.165, 1.54) is 6.07 Å². The van der Waals surface area contributed by atoms with Gasteiger partial charge in [0.2, 0.25) is 11.8 Å². The van der Waals surface area contributed by atoms with Gasteiger partial charge in [0.05, 0.1) is 17.9 Å². The molecule has 23 heavy (non-hydrogen) atoms. The number of nitrogens with one attached hydrogen (secondary N) is 1. The maximum absolute atomic E-state index is 12.1. The molecule has 0 aliphatic carbocycles. The third-order valence-electron chi connectivity index (χ3n) is 3.87. The summed E-state index contributed by atoms with van der Waals surface area (Å²) in [4.78, 5) is 35.4. The fraction of sp³-hybridized carbons (Fsp3) is 0.467. The molecule has 1 aliphatic heterocycles. The summed E-state index contributed by atoms with van der Waals surface area (Å²) in [6.45, 7) is 1.62. The van der Waals surface area contributed by atoms with E-state index in [1.54, 1.807) is 18.2 Å². The van der Waals surface area contributed by atoms with Gasteiger partial charge in [-0.1, -0.05) is 18.2 Å². The summed E-state index contributed by atoms with van der Waals surface area (Å²) in [7, 11) is 0. The zero-order valence-electron chi connectivity index (χ0n) is 12.7. The lowest BCUT2D eigenvalue weighted by Gasteiger charge is -2.31. The molecule has 1 aromatic rings. The molecule has 0 atom stereocenters. The summed E-state index contributed by atoms with van der Waals surface area (Å²) in [6, 6.07) is 6.26. The van der Waals surface area contributed by atoms with Gasteiger partial charge in [-0.25, -0.2) is 0 Å². The number of carbonyl (C=O) groups is 2. The number of nitro benzene ring substituents is 1. The first kappa shape index (κ1) is 16.9. The Morgan fingerprint density at radius 3 is 2.57 bits per heavy atom. The number of benzene rings is 1. The van der Waals surface area contributed by atoms with Gasteiger partial charge in [0, 0.05) is 30.8 Å². The van der Waals surface area contributed by atoms with E-state index >= 15 is 0 Å². The van der Waals surface area contributed by atoms with Crippen LogP contribution in [0.4, 0.5) is 5.69 Å². The fourth-order valence-corrected chi connectivity index (χ4v) is 2.75. The van der Waals surface area contributed by atoms with Gasteiger partial charge in [0.1, 0.15) is 0 Å². The van der Waals surface area contributed by atoms with E-state index in [-0.39, 0.29) is 36.5 Å². The molecule has 1 fully saturated rings. The summed E-state index contributed by atoms with van der Waals surface area (Å²) in [5.41, 5.74) is 5.52. The molecule has 0 radical (unpaired) electrons. The number of carbonyl (C=O) groups excluding carboxylic acids is 2. The normalized spacial score (nSPS) is 16.0. The van der Waals surface area contributed by atoms with Crippen molar-refractivity contribution >= 4 is 17.5 Å². The smallest absolute Gasteiger partial charge is 0.273 e. The van der Waals surface area contributed by atoms with Crippen molar-refractivity contribution in [1.29, 1.82) is 0 Å². The van der Waals surface area contributed by atoms with Crippen molar-refractivity contribution in [3.8, 4) is 0 Å². The lowest BCUT2D eigenvalue weighted by Crippen LogP contribution is -2.47. The molecule has 3 N–H and O–H groups in total. The number of primary amides is 1. The molecule has 1 saturated heterocycles. The van der Waals surface area contributed by atoms with Crippen molar-refractivity contribution in [2.24, 2.45) is 5.73 Å². The third-order valence-corrected chi connectivity index (χ3v) is 3.87. The van der Waals surface area contributed by atoms with Gasteiger partial charge in [0.15, 0.2) is 0 Å². The summed E-state index contributed by atoms with van der Waals surface area (Å²) >= 11 is 0. The van der Waals surface area contributed by atoms with Crippen molar-refractivity contribution in [2.45, 2.75) is 25.3 Å². The Labute approximate surface area is 133 Å². The molecule has 0 spiro atoms. The van der Waals surface area contributed by atoms with E-state index in [1.807, 2.05) is 4.90 Å². The van der Waals surface area contributed by atoms with Gasteiger partial charge in [-0.15, -0.1) is 0 Å². The summed E-state index contributed by atoms with van der Waals surface area (Å²) in [6.07, 6.45) is 1.45. The van der Waals surface area contributed by atoms with Crippen LogP contribution in [0.3, 0.4) is 0 Å². The summed E-state index contributed by atoms with van der Waals surface area (Å²) in [5.74, 6) is -0.587. The van der Waals surface area contributed by atoms with E-state index in [4.69, 9.17) is 5.73 Å². The van der Waals surface area contributed by atoms with Crippen LogP contribution >= 0.6 is 0 Å². The van der Waals surface area contributed by atoms with Crippen molar-refractivity contribution in [3.05, 3.63) is 39.9 Å². The molecule has 1 heterocycles. The van der Waals surface area contributed by atoms with Crippen LogP contribution in [-0.2, 0) is 16.0 Å². The highest BCUT2D eigenvalue weighted by Crippen LogP contribution is 2.18. The van der Waals surface area contributed by atoms with Gasteiger partial charge < -0.3 is 11.1 Å². The quantitative estimate of drug-likeness (QED) is 0.573. The van der Waals surface area contributed by atoms with Gasteiger partial charge in [0.25, 0.3) is 5.69 Å². The standard InChI is InChI=1S/C15H20N4O4/c16-14(20)10-18-7-5-12(6-8-18)17-15(21)9-11-3-1-2-4-13(11)19(22)23/h1-4,12H,5-10H2,(H2,16,20)(H,17,21). The van der Waals surface area contributed by atoms with Gasteiger partial charge in [-0.2, -0.15) is 0 Å². The molecule has 8 heteroatoms. The van der Waals surface area contributed by atoms with Crippen molar-refractivity contribution in [1.82, 2.24) is 10.2 Å². The molecule has 1 aliphatic rings. The first-order chi connectivity index (χ1) is 11.0. The predicted molar refractivity (Wildman–Crippen MR) is 83.6 cm³/mol. The van der Waals surface area contributed by atoms with Crippen LogP contribution < -0.4 is 11.1 Å². The predicted octanol–water partition coefficient (Wildman–Crippen LogP) is 0.203. The second-order valence-corrected chi connectivity index (χ2v) is 5.65. The number of likely N-dealkylation sites (tertiary alicyclic amines) is 1. The molecular weight excluding hydrogens is 300 g/mol. The van der Waals surface area contributed by atoms with E-state index in [2.05, 4.69) is 5.32 Å². The first-order valence-corrected chi connectivity index (χ1v) is 7.48. The molecule has 124 valence electrons. The second kappa shape index (κ2) is 7.68. The minimum absolute atomic E-state index is 0.0152. The maximum atomic E-state index is 12.1. The summed E-state index contributed by atoms with van der Waals surface area (Å²) in [5, 5.41) is 13.9. The van der Waals surface area contributed by atoms with Crippen LogP contribution in [0, 0.1) is 10.1 Å². The molecule has 1 aromatic carbocycles. The highest BCUT2D eigenvalue weighted by molar-refractivity contribution is 5.80. The first-order valence-electron chi connectivity index (χ1n) is 7.48. The number of hydrogen-bond donors (Lipinski definition) is 2. The minimum Gasteiger partial charge on any atom is -0.369 e. The molecule has 0 saturated carbocycles. The Morgan fingerprint density at radius 1 is 1.30 bits per heavy atom. The third kappa shape index (κ3) is 5.03. The maximum Gasteiger partial charge on any atom is 0.273 e. The lowest BCUT2D eigenvalue weighted by atomic mass is 10.0. The molecule has 0 aromatic heterocycles. The Bertz CT molecular complexity index is 597. The fourth-order valence-electron chi connectivity index (χ4n) is 2.75. The van der Waals surface area contributed by atoms with E-state index < -0.39 is 4.92 Å². The van der Waals surface area contributed by atoms with Crippen LogP contribution in [0.25, 0.3) is 0 Å². The number of rotatable bonds is 6. The topological polar surface area (TPSA) is 119 Å². The highest BCUT2D eigenvalue weighted by atomic mass is 16.6. The molecule has 0 unspecified atom stereocenters. The Morgan fingerprint density at radius 2 is 1.96 bits per heavy atom. The van der Waals surface area contributed by atoms with Crippen molar-refractivity contribution in [3.63, 3.8) is 0 Å². The lowest BCUT2D eigenvalue weighted by molar-refractivity contribution is -0.385. The molecule has 2 rings (SSSR count). The number of nitrogens with two attached hydrogens (primary N) is 1. The monoisotopic (exact) mass is 320 g/mol. The SMILES string of the molecule is NC(=O)CN1CCC(NC(=O)Cc2ccccc2[N+](=O)[O-])CC1. The van der Waals surface area contributed by atoms with Crippen LogP contribution in [0.1, 0.15) is 18.4 Å². The van der Waals surface area contributed by atoms with E-state index in [0.29, 0.717) is 18.7 Å². The largest absolute Gasteiger partial charge is 0.369 e. The molecule has 2 amide bonds. The molecule has 8 nitrogen and oxygen atoms in total. The van der Waals surface area contributed by atoms with E-state index in [9.17, 15) is 19.7 Å². The number of nitrogens with zero attached hydrogens (tertiary/aromatic N) is 2. The van der Waals surface area contributed by atoms with E-state index in [0.717, 1.165) is 12.8 Å². The van der Waals surface area contributed by atoms with Crippen molar-refractivity contribution in [2.75, 3.05) is 19.6 Å². The van der Waals surface area contributed by atoms with Gasteiger partial charge in [-0.05, 0) is 12.8 Å². The second-order valence-electron chi connectivity index (χ2n) is 5.65.